The third-order valence-electron chi connectivity index (χ3n) is 3.75. The number of aromatic nitrogens is 1. The Morgan fingerprint density at radius 2 is 1.85 bits per heavy atom. The minimum absolute atomic E-state index is 0.238. The highest BCUT2D eigenvalue weighted by Crippen LogP contribution is 2.27. The molecule has 1 heterocycles. The number of hydrogen-bond donors (Lipinski definition) is 1. The molecule has 8 heteroatoms. The molecule has 1 aromatic heterocycles. The van der Waals surface area contributed by atoms with Gasteiger partial charge in [-0.1, -0.05) is 12.1 Å². The van der Waals surface area contributed by atoms with Gasteiger partial charge in [-0.25, -0.2) is 0 Å². The topological polar surface area (TPSA) is 95.9 Å². The molecule has 0 unspecified atom stereocenters. The number of nitrogens with zero attached hydrogens (tertiary/aromatic N) is 1. The Morgan fingerprint density at radius 1 is 1.07 bits per heavy atom. The molecular formula is C19H22N2O6. The maximum atomic E-state index is 11.8. The second-order valence-electron chi connectivity index (χ2n) is 5.62. The lowest BCUT2D eigenvalue weighted by atomic mass is 10.1. The van der Waals surface area contributed by atoms with Gasteiger partial charge in [0, 0.05) is 18.8 Å². The van der Waals surface area contributed by atoms with Gasteiger partial charge in [0.15, 0.2) is 18.1 Å². The van der Waals surface area contributed by atoms with E-state index in [1.54, 1.807) is 32.4 Å². The molecule has 0 aliphatic carbocycles. The third kappa shape index (κ3) is 6.18. The number of carbonyl (C=O) groups excluding carboxylic acids is 2. The molecule has 2 aromatic rings. The van der Waals surface area contributed by atoms with Crippen LogP contribution in [-0.2, 0) is 27.3 Å². The first-order valence-electron chi connectivity index (χ1n) is 8.32. The van der Waals surface area contributed by atoms with E-state index in [9.17, 15) is 14.4 Å². The van der Waals surface area contributed by atoms with Crippen LogP contribution in [0.2, 0.25) is 0 Å². The highest BCUT2D eigenvalue weighted by atomic mass is 16.5. The highest BCUT2D eigenvalue weighted by Gasteiger charge is 2.09. The van der Waals surface area contributed by atoms with Crippen molar-refractivity contribution in [1.82, 2.24) is 9.88 Å². The summed E-state index contributed by atoms with van der Waals surface area (Å²) in [7, 11) is 3.12. The van der Waals surface area contributed by atoms with E-state index in [1.807, 2.05) is 12.1 Å². The Labute approximate surface area is 156 Å². The summed E-state index contributed by atoms with van der Waals surface area (Å²) >= 11 is 0. The number of esters is 1. The average molecular weight is 374 g/mol. The number of nitrogens with one attached hydrogen (secondary N) is 1. The lowest BCUT2D eigenvalue weighted by Gasteiger charge is -2.10. The Morgan fingerprint density at radius 3 is 2.56 bits per heavy atom. The number of hydrogen-bond acceptors (Lipinski definition) is 6. The molecule has 0 spiro atoms. The largest absolute Gasteiger partial charge is 0.493 e. The van der Waals surface area contributed by atoms with Gasteiger partial charge in [-0.2, -0.15) is 0 Å². The van der Waals surface area contributed by atoms with Crippen LogP contribution in [0.1, 0.15) is 5.56 Å². The molecule has 0 radical (unpaired) electrons. The van der Waals surface area contributed by atoms with Crippen molar-refractivity contribution in [3.8, 4) is 11.5 Å². The monoisotopic (exact) mass is 374 g/mol. The van der Waals surface area contributed by atoms with Crippen LogP contribution in [0.15, 0.2) is 47.4 Å². The van der Waals surface area contributed by atoms with Gasteiger partial charge in [0.25, 0.3) is 11.5 Å². The Balaban J connectivity index is 1.72. The predicted molar refractivity (Wildman–Crippen MR) is 97.9 cm³/mol. The number of methoxy groups -OCH3 is 2. The molecule has 1 amide bonds. The Hall–Kier alpha value is -3.29. The summed E-state index contributed by atoms with van der Waals surface area (Å²) in [6.07, 6.45) is 2.06. The van der Waals surface area contributed by atoms with Crippen LogP contribution >= 0.6 is 0 Å². The van der Waals surface area contributed by atoms with Gasteiger partial charge in [0.05, 0.1) is 14.2 Å². The maximum Gasteiger partial charge on any atom is 0.326 e. The molecule has 0 aliphatic heterocycles. The second-order valence-corrected chi connectivity index (χ2v) is 5.62. The fourth-order valence-electron chi connectivity index (χ4n) is 2.36. The van der Waals surface area contributed by atoms with E-state index in [1.165, 1.54) is 16.8 Å². The zero-order valence-corrected chi connectivity index (χ0v) is 15.3. The van der Waals surface area contributed by atoms with E-state index >= 15 is 0 Å². The normalized spacial score (nSPS) is 10.1. The number of benzene rings is 1. The number of ether oxygens (including phenoxy) is 3. The maximum absolute atomic E-state index is 11.8. The lowest BCUT2D eigenvalue weighted by molar-refractivity contribution is -0.149. The smallest absolute Gasteiger partial charge is 0.326 e. The van der Waals surface area contributed by atoms with Crippen molar-refractivity contribution in [2.75, 3.05) is 27.4 Å². The van der Waals surface area contributed by atoms with Crippen molar-refractivity contribution in [3.63, 3.8) is 0 Å². The van der Waals surface area contributed by atoms with E-state index in [2.05, 4.69) is 5.32 Å². The van der Waals surface area contributed by atoms with Crippen LogP contribution in [0.5, 0.6) is 11.5 Å². The molecule has 8 nitrogen and oxygen atoms in total. The zero-order valence-electron chi connectivity index (χ0n) is 15.3. The molecule has 144 valence electrons. The summed E-state index contributed by atoms with van der Waals surface area (Å²) in [5.74, 6) is 0.184. The summed E-state index contributed by atoms with van der Waals surface area (Å²) in [6.45, 7) is -0.255. The fourth-order valence-corrected chi connectivity index (χ4v) is 2.36. The van der Waals surface area contributed by atoms with Crippen molar-refractivity contribution >= 4 is 11.9 Å². The molecular weight excluding hydrogens is 352 g/mol. The van der Waals surface area contributed by atoms with Crippen LogP contribution in [0.3, 0.4) is 0 Å². The van der Waals surface area contributed by atoms with Gasteiger partial charge in [0.2, 0.25) is 0 Å². The van der Waals surface area contributed by atoms with E-state index in [0.717, 1.165) is 5.56 Å². The molecule has 0 atom stereocenters. The molecule has 0 bridgehead atoms. The number of carbonyl (C=O) groups is 2. The van der Waals surface area contributed by atoms with Crippen molar-refractivity contribution in [2.24, 2.45) is 0 Å². The van der Waals surface area contributed by atoms with Crippen LogP contribution in [0, 0.1) is 0 Å². The fraction of sp³-hybridized carbons (Fsp3) is 0.316. The molecule has 0 saturated carbocycles. The number of rotatable bonds is 9. The zero-order chi connectivity index (χ0) is 19.6. The van der Waals surface area contributed by atoms with Gasteiger partial charge < -0.3 is 24.1 Å². The van der Waals surface area contributed by atoms with Crippen molar-refractivity contribution in [3.05, 3.63) is 58.5 Å². The second kappa shape index (κ2) is 10.0. The quantitative estimate of drug-likeness (QED) is 0.652. The summed E-state index contributed by atoms with van der Waals surface area (Å²) < 4.78 is 16.5. The summed E-state index contributed by atoms with van der Waals surface area (Å²) in [5.41, 5.74) is 0.655. The predicted octanol–water partition coefficient (Wildman–Crippen LogP) is 0.768. The molecule has 0 fully saturated rings. The first-order chi connectivity index (χ1) is 13.0. The summed E-state index contributed by atoms with van der Waals surface area (Å²) in [5, 5.41) is 2.67. The Bertz CT molecular complexity index is 846. The van der Waals surface area contributed by atoms with Gasteiger partial charge in [-0.15, -0.1) is 0 Å². The molecule has 27 heavy (non-hydrogen) atoms. The summed E-state index contributed by atoms with van der Waals surface area (Å²) in [4.78, 5) is 35.0. The van der Waals surface area contributed by atoms with E-state index < -0.39 is 18.5 Å². The van der Waals surface area contributed by atoms with Gasteiger partial charge in [0.1, 0.15) is 6.54 Å². The molecule has 0 aliphatic rings. The minimum Gasteiger partial charge on any atom is -0.493 e. The van der Waals surface area contributed by atoms with Crippen LogP contribution in [0.25, 0.3) is 0 Å². The molecule has 1 N–H and O–H groups in total. The van der Waals surface area contributed by atoms with Crippen molar-refractivity contribution in [2.45, 2.75) is 13.0 Å². The van der Waals surface area contributed by atoms with E-state index in [-0.39, 0.29) is 12.1 Å². The van der Waals surface area contributed by atoms with Gasteiger partial charge >= 0.3 is 5.97 Å². The van der Waals surface area contributed by atoms with Gasteiger partial charge in [-0.05, 0) is 30.2 Å². The standard InChI is InChI=1S/C19H22N2O6/c1-25-15-7-6-14(11-16(15)26-2)8-9-20-17(22)13-27-19(24)12-21-10-4-3-5-18(21)23/h3-7,10-11H,8-9,12-13H2,1-2H3,(H,20,22). The molecule has 2 rings (SSSR count). The van der Waals surface area contributed by atoms with E-state index in [4.69, 9.17) is 14.2 Å². The highest BCUT2D eigenvalue weighted by molar-refractivity contribution is 5.80. The first-order valence-corrected chi connectivity index (χ1v) is 8.32. The molecule has 1 aromatic carbocycles. The van der Waals surface area contributed by atoms with Crippen LogP contribution < -0.4 is 20.3 Å². The minimum atomic E-state index is -0.654. The van der Waals surface area contributed by atoms with Crippen molar-refractivity contribution in [1.29, 1.82) is 0 Å². The van der Waals surface area contributed by atoms with Gasteiger partial charge in [-0.3, -0.25) is 14.4 Å². The van der Waals surface area contributed by atoms with Crippen LogP contribution in [0.4, 0.5) is 0 Å². The molecule has 0 saturated heterocycles. The lowest BCUT2D eigenvalue weighted by Crippen LogP contribution is -2.32. The average Bonchev–Trinajstić information content (AvgIpc) is 2.68. The number of amides is 1. The van der Waals surface area contributed by atoms with Crippen molar-refractivity contribution < 1.29 is 23.8 Å². The van der Waals surface area contributed by atoms with Crippen LogP contribution in [-0.4, -0.2) is 43.8 Å². The summed E-state index contributed by atoms with van der Waals surface area (Å²) in [6, 6.07) is 10.1. The SMILES string of the molecule is COc1ccc(CCNC(=O)COC(=O)Cn2ccccc2=O)cc1OC. The van der Waals surface area contributed by atoms with E-state index in [0.29, 0.717) is 24.5 Å². The Kier molecular flexibility index (Phi) is 7.42. The first kappa shape index (κ1) is 20.0. The number of pyridine rings is 1. The third-order valence-corrected chi connectivity index (χ3v) is 3.75.